The van der Waals surface area contributed by atoms with Crippen LogP contribution in [0.15, 0.2) is 18.7 Å². The van der Waals surface area contributed by atoms with Gasteiger partial charge in [0, 0.05) is 37.8 Å². The lowest BCUT2D eigenvalue weighted by Crippen LogP contribution is -2.42. The summed E-state index contributed by atoms with van der Waals surface area (Å²) < 4.78 is 13.6. The summed E-state index contributed by atoms with van der Waals surface area (Å²) in [5.41, 5.74) is 0. The molecule has 1 aromatic heterocycles. The summed E-state index contributed by atoms with van der Waals surface area (Å²) in [6.45, 7) is 3.71. The second-order valence-corrected chi connectivity index (χ2v) is 5.84. The quantitative estimate of drug-likeness (QED) is 0.809. The molecule has 0 atom stereocenters. The highest BCUT2D eigenvalue weighted by atomic mass is 16.7. The lowest BCUT2D eigenvalue weighted by Gasteiger charge is -2.35. The second kappa shape index (κ2) is 6.70. The van der Waals surface area contributed by atoms with Crippen molar-refractivity contribution in [2.45, 2.75) is 56.9 Å². The molecule has 112 valence electrons. The lowest BCUT2D eigenvalue weighted by atomic mass is 9.90. The highest BCUT2D eigenvalue weighted by Gasteiger charge is 2.39. The number of unbranched alkanes of at least 4 members (excludes halogenated alkanes) is 1. The van der Waals surface area contributed by atoms with Gasteiger partial charge in [-0.05, 0) is 32.2 Å². The van der Waals surface area contributed by atoms with E-state index in [1.807, 2.05) is 18.7 Å². The van der Waals surface area contributed by atoms with E-state index in [0.29, 0.717) is 6.04 Å². The van der Waals surface area contributed by atoms with Crippen molar-refractivity contribution in [3.8, 4) is 0 Å². The maximum Gasteiger partial charge on any atom is 0.168 e. The molecular weight excluding hydrogens is 254 g/mol. The Morgan fingerprint density at radius 3 is 2.70 bits per heavy atom. The predicted octanol–water partition coefficient (Wildman–Crippen LogP) is 1.94. The van der Waals surface area contributed by atoms with Gasteiger partial charge in [-0.15, -0.1) is 0 Å². The van der Waals surface area contributed by atoms with Crippen LogP contribution >= 0.6 is 0 Å². The minimum Gasteiger partial charge on any atom is -0.348 e. The van der Waals surface area contributed by atoms with Crippen LogP contribution in [0.4, 0.5) is 0 Å². The van der Waals surface area contributed by atoms with Gasteiger partial charge in [-0.25, -0.2) is 4.98 Å². The zero-order chi connectivity index (χ0) is 13.7. The maximum atomic E-state index is 5.76. The van der Waals surface area contributed by atoms with Crippen molar-refractivity contribution in [2.24, 2.45) is 0 Å². The second-order valence-electron chi connectivity index (χ2n) is 5.84. The zero-order valence-corrected chi connectivity index (χ0v) is 12.1. The van der Waals surface area contributed by atoms with E-state index in [1.54, 1.807) is 0 Å². The normalized spacial score (nSPS) is 22.6. The van der Waals surface area contributed by atoms with Crippen molar-refractivity contribution < 1.29 is 9.47 Å². The van der Waals surface area contributed by atoms with Crippen molar-refractivity contribution in [3.63, 3.8) is 0 Å². The van der Waals surface area contributed by atoms with Crippen molar-refractivity contribution in [1.29, 1.82) is 0 Å². The summed E-state index contributed by atoms with van der Waals surface area (Å²) in [6.07, 6.45) is 12.6. The average molecular weight is 279 g/mol. The molecular formula is C15H25N3O2. The van der Waals surface area contributed by atoms with Crippen LogP contribution in [0.5, 0.6) is 0 Å². The van der Waals surface area contributed by atoms with Gasteiger partial charge in [0.1, 0.15) is 0 Å². The minimum atomic E-state index is -0.223. The molecule has 2 fully saturated rings. The number of imidazole rings is 1. The van der Waals surface area contributed by atoms with Gasteiger partial charge in [0.2, 0.25) is 0 Å². The largest absolute Gasteiger partial charge is 0.348 e. The molecule has 1 aliphatic carbocycles. The number of aromatic nitrogens is 2. The fourth-order valence-electron chi connectivity index (χ4n) is 3.19. The van der Waals surface area contributed by atoms with Gasteiger partial charge in [-0.3, -0.25) is 0 Å². The van der Waals surface area contributed by atoms with Crippen LogP contribution in [0.3, 0.4) is 0 Å². The fraction of sp³-hybridized carbons (Fsp3) is 0.800. The molecule has 2 heterocycles. The lowest BCUT2D eigenvalue weighted by molar-refractivity contribution is -0.179. The Morgan fingerprint density at radius 1 is 1.20 bits per heavy atom. The van der Waals surface area contributed by atoms with Gasteiger partial charge >= 0.3 is 0 Å². The van der Waals surface area contributed by atoms with E-state index < -0.39 is 0 Å². The minimum absolute atomic E-state index is 0.223. The first kappa shape index (κ1) is 14.0. The van der Waals surface area contributed by atoms with E-state index in [0.717, 1.165) is 39.1 Å². The van der Waals surface area contributed by atoms with Crippen LogP contribution in [-0.2, 0) is 16.0 Å². The average Bonchev–Trinajstić information content (AvgIpc) is 3.13. The molecule has 1 saturated carbocycles. The Balaban J connectivity index is 1.26. The molecule has 1 N–H and O–H groups in total. The Kier molecular flexibility index (Phi) is 4.70. The molecule has 0 unspecified atom stereocenters. The van der Waals surface area contributed by atoms with Crippen molar-refractivity contribution in [2.75, 3.05) is 19.8 Å². The summed E-state index contributed by atoms with van der Waals surface area (Å²) in [7, 11) is 0. The third-order valence-corrected chi connectivity index (χ3v) is 4.40. The number of hydrogen-bond acceptors (Lipinski definition) is 4. The van der Waals surface area contributed by atoms with Crippen molar-refractivity contribution in [3.05, 3.63) is 18.7 Å². The first-order valence-electron chi connectivity index (χ1n) is 7.83. The van der Waals surface area contributed by atoms with Gasteiger partial charge < -0.3 is 19.4 Å². The Morgan fingerprint density at radius 2 is 2.00 bits per heavy atom. The molecule has 5 nitrogen and oxygen atoms in total. The Bertz CT molecular complexity index is 378. The van der Waals surface area contributed by atoms with E-state index in [1.165, 1.54) is 25.7 Å². The molecule has 1 spiro atoms. The number of rotatable bonds is 6. The van der Waals surface area contributed by atoms with Crippen LogP contribution in [0, 0.1) is 0 Å². The fourth-order valence-corrected chi connectivity index (χ4v) is 3.19. The van der Waals surface area contributed by atoms with E-state index in [4.69, 9.17) is 9.47 Å². The number of ether oxygens (including phenoxy) is 2. The van der Waals surface area contributed by atoms with Crippen LogP contribution in [0.2, 0.25) is 0 Å². The summed E-state index contributed by atoms with van der Waals surface area (Å²) in [5, 5.41) is 3.67. The number of hydrogen-bond donors (Lipinski definition) is 1. The molecule has 0 amide bonds. The van der Waals surface area contributed by atoms with Gasteiger partial charge in [0.05, 0.1) is 19.5 Å². The maximum absolute atomic E-state index is 5.76. The van der Waals surface area contributed by atoms with Gasteiger partial charge in [-0.2, -0.15) is 0 Å². The molecule has 1 aliphatic heterocycles. The standard InChI is InChI=1S/C15H25N3O2/c1(2-9-18-10-8-16-13-18)7-17-14-3-5-15(6-4-14)19-11-12-20-15/h8,10,13-14,17H,1-7,9,11-12H2. The summed E-state index contributed by atoms with van der Waals surface area (Å²) >= 11 is 0. The first-order chi connectivity index (χ1) is 9.86. The van der Waals surface area contributed by atoms with E-state index in [-0.39, 0.29) is 5.79 Å². The van der Waals surface area contributed by atoms with Gasteiger partial charge in [0.25, 0.3) is 0 Å². The summed E-state index contributed by atoms with van der Waals surface area (Å²) in [6, 6.07) is 0.640. The monoisotopic (exact) mass is 279 g/mol. The predicted molar refractivity (Wildman–Crippen MR) is 76.4 cm³/mol. The van der Waals surface area contributed by atoms with Gasteiger partial charge in [-0.1, -0.05) is 0 Å². The molecule has 0 radical (unpaired) electrons. The molecule has 0 aromatic carbocycles. The van der Waals surface area contributed by atoms with Crippen LogP contribution in [-0.4, -0.2) is 41.1 Å². The molecule has 3 rings (SSSR count). The van der Waals surface area contributed by atoms with Gasteiger partial charge in [0.15, 0.2) is 5.79 Å². The molecule has 2 aliphatic rings. The molecule has 1 saturated heterocycles. The molecule has 5 heteroatoms. The number of aryl methyl sites for hydroxylation is 1. The van der Waals surface area contributed by atoms with E-state index >= 15 is 0 Å². The topological polar surface area (TPSA) is 48.3 Å². The van der Waals surface area contributed by atoms with E-state index in [9.17, 15) is 0 Å². The SMILES string of the molecule is c1cn(CCCCNC2CCC3(CC2)OCCO3)cn1. The Hall–Kier alpha value is -0.910. The Labute approximate surface area is 120 Å². The van der Waals surface area contributed by atoms with Crippen LogP contribution in [0.1, 0.15) is 38.5 Å². The smallest absolute Gasteiger partial charge is 0.168 e. The number of nitrogens with one attached hydrogen (secondary N) is 1. The summed E-state index contributed by atoms with van der Waals surface area (Å²) in [5.74, 6) is -0.223. The highest BCUT2D eigenvalue weighted by molar-refractivity contribution is 4.85. The third kappa shape index (κ3) is 3.59. The molecule has 20 heavy (non-hydrogen) atoms. The van der Waals surface area contributed by atoms with E-state index in [2.05, 4.69) is 14.9 Å². The third-order valence-electron chi connectivity index (χ3n) is 4.40. The number of nitrogens with zero attached hydrogens (tertiary/aromatic N) is 2. The van der Waals surface area contributed by atoms with Crippen LogP contribution in [0.25, 0.3) is 0 Å². The van der Waals surface area contributed by atoms with Crippen molar-refractivity contribution in [1.82, 2.24) is 14.9 Å². The molecule has 1 aromatic rings. The van der Waals surface area contributed by atoms with Crippen molar-refractivity contribution >= 4 is 0 Å². The zero-order valence-electron chi connectivity index (χ0n) is 12.1. The van der Waals surface area contributed by atoms with Crippen LogP contribution < -0.4 is 5.32 Å². The highest BCUT2D eigenvalue weighted by Crippen LogP contribution is 2.35. The molecule has 0 bridgehead atoms. The first-order valence-corrected chi connectivity index (χ1v) is 7.83. The summed E-state index contributed by atoms with van der Waals surface area (Å²) in [4.78, 5) is 4.05.